The average molecular weight is 617 g/mol. The zero-order valence-corrected chi connectivity index (χ0v) is 23.3. The number of hydrogen-bond donors (Lipinski definition) is 2. The number of aromatic nitrogens is 1. The Hall–Kier alpha value is -2.75. The molecule has 2 N–H and O–H groups in total. The minimum absolute atomic E-state index is 0.167. The summed E-state index contributed by atoms with van der Waals surface area (Å²) in [5, 5.41) is 5.88. The number of carbonyl (C=O) groups is 1. The second-order valence-corrected chi connectivity index (χ2v) is 10.2. The van der Waals surface area contributed by atoms with Gasteiger partial charge in [0.2, 0.25) is 5.89 Å². The maximum atomic E-state index is 12.8. The number of thiocarbonyl (C=S) groups is 1. The Labute approximate surface area is 225 Å². The van der Waals surface area contributed by atoms with E-state index in [0.29, 0.717) is 27.6 Å². The molecule has 0 spiro atoms. The molecule has 0 fully saturated rings. The number of amides is 1. The van der Waals surface area contributed by atoms with E-state index >= 15 is 0 Å². The molecule has 3 aromatic carbocycles. The highest BCUT2D eigenvalue weighted by molar-refractivity contribution is 9.11. The lowest BCUT2D eigenvalue weighted by Gasteiger charge is -2.13. The molecule has 1 heterocycles. The lowest BCUT2D eigenvalue weighted by atomic mass is 9.98. The number of oxazole rings is 1. The molecule has 4 aromatic rings. The minimum Gasteiger partial charge on any atom is -0.495 e. The summed E-state index contributed by atoms with van der Waals surface area (Å²) in [5.74, 6) is 1.06. The molecule has 0 saturated carbocycles. The number of benzene rings is 3. The lowest BCUT2D eigenvalue weighted by molar-refractivity contribution is 0.0974. The van der Waals surface area contributed by atoms with E-state index in [0.717, 1.165) is 33.2 Å². The van der Waals surface area contributed by atoms with Crippen LogP contribution in [0.4, 0.5) is 5.69 Å². The molecule has 0 radical (unpaired) electrons. The normalized spacial score (nSPS) is 11.8. The third kappa shape index (κ3) is 5.74. The smallest absolute Gasteiger partial charge is 0.261 e. The van der Waals surface area contributed by atoms with Gasteiger partial charge in [-0.1, -0.05) is 35.8 Å². The first-order valence-corrected chi connectivity index (χ1v) is 12.9. The summed E-state index contributed by atoms with van der Waals surface area (Å²) in [7, 11) is 1.50. The molecule has 9 heteroatoms. The van der Waals surface area contributed by atoms with E-state index in [1.54, 1.807) is 12.1 Å². The van der Waals surface area contributed by atoms with Crippen LogP contribution >= 0.6 is 44.1 Å². The van der Waals surface area contributed by atoms with E-state index in [4.69, 9.17) is 21.4 Å². The predicted molar refractivity (Wildman–Crippen MR) is 150 cm³/mol. The number of anilines is 1. The molecular weight excluding hydrogens is 594 g/mol. The number of carbonyl (C=O) groups excluding carboxylic acids is 1. The monoisotopic (exact) mass is 615 g/mol. The molecule has 35 heavy (non-hydrogen) atoms. The molecule has 1 atom stereocenters. The molecule has 0 aliphatic heterocycles. The molecule has 1 amide bonds. The fourth-order valence-corrected chi connectivity index (χ4v) is 5.17. The van der Waals surface area contributed by atoms with Crippen LogP contribution in [0, 0.1) is 0 Å². The zero-order chi connectivity index (χ0) is 25.1. The summed E-state index contributed by atoms with van der Waals surface area (Å²) in [4.78, 5) is 17.4. The van der Waals surface area contributed by atoms with E-state index in [9.17, 15) is 4.79 Å². The predicted octanol–water partition coefficient (Wildman–Crippen LogP) is 7.67. The SMILES string of the molecule is CCC(C)c1ccc2oc(-c3ccc(NC(=S)NC(=O)c4cc(Br)cc(Br)c4OC)cc3)nc2c1. The van der Waals surface area contributed by atoms with Gasteiger partial charge in [-0.3, -0.25) is 10.1 Å². The molecule has 0 aliphatic rings. The number of hydrogen-bond acceptors (Lipinski definition) is 5. The minimum atomic E-state index is -0.388. The third-order valence-electron chi connectivity index (χ3n) is 5.67. The van der Waals surface area contributed by atoms with E-state index < -0.39 is 0 Å². The summed E-state index contributed by atoms with van der Waals surface area (Å²) < 4.78 is 12.7. The van der Waals surface area contributed by atoms with E-state index in [1.807, 2.05) is 30.3 Å². The second-order valence-electron chi connectivity index (χ2n) is 8.01. The van der Waals surface area contributed by atoms with E-state index in [2.05, 4.69) is 73.5 Å². The van der Waals surface area contributed by atoms with Crippen LogP contribution in [-0.2, 0) is 0 Å². The van der Waals surface area contributed by atoms with Gasteiger partial charge in [0.1, 0.15) is 11.3 Å². The number of fused-ring (bicyclic) bond motifs is 1. The Bertz CT molecular complexity index is 1400. The third-order valence-corrected chi connectivity index (χ3v) is 6.92. The van der Waals surface area contributed by atoms with Gasteiger partial charge in [0, 0.05) is 15.7 Å². The number of rotatable bonds is 6. The largest absolute Gasteiger partial charge is 0.495 e. The van der Waals surface area contributed by atoms with Crippen LogP contribution in [0.25, 0.3) is 22.6 Å². The van der Waals surface area contributed by atoms with Crippen LogP contribution in [0.15, 0.2) is 68.0 Å². The first kappa shape index (κ1) is 25.3. The highest BCUT2D eigenvalue weighted by atomic mass is 79.9. The first-order valence-electron chi connectivity index (χ1n) is 10.9. The van der Waals surface area contributed by atoms with Crippen molar-refractivity contribution in [2.75, 3.05) is 12.4 Å². The Kier molecular flexibility index (Phi) is 7.88. The molecule has 6 nitrogen and oxygen atoms in total. The van der Waals surface area contributed by atoms with Crippen molar-refractivity contribution in [1.29, 1.82) is 0 Å². The number of nitrogens with one attached hydrogen (secondary N) is 2. The lowest BCUT2D eigenvalue weighted by Crippen LogP contribution is -2.34. The fraction of sp³-hybridized carbons (Fsp3) is 0.192. The maximum absolute atomic E-state index is 12.8. The molecule has 4 rings (SSSR count). The Morgan fingerprint density at radius 3 is 2.57 bits per heavy atom. The summed E-state index contributed by atoms with van der Waals surface area (Å²) in [5.41, 5.74) is 4.77. The molecule has 1 unspecified atom stereocenters. The number of halogens is 2. The molecule has 0 bridgehead atoms. The van der Waals surface area contributed by atoms with Crippen molar-refractivity contribution in [2.24, 2.45) is 0 Å². The Morgan fingerprint density at radius 2 is 1.89 bits per heavy atom. The van der Waals surface area contributed by atoms with Crippen molar-refractivity contribution in [1.82, 2.24) is 10.3 Å². The van der Waals surface area contributed by atoms with E-state index in [-0.39, 0.29) is 11.0 Å². The highest BCUT2D eigenvalue weighted by Crippen LogP contribution is 2.33. The van der Waals surface area contributed by atoms with Crippen molar-refractivity contribution in [3.8, 4) is 17.2 Å². The van der Waals surface area contributed by atoms with Crippen LogP contribution < -0.4 is 15.4 Å². The van der Waals surface area contributed by atoms with Gasteiger partial charge in [0.15, 0.2) is 10.7 Å². The van der Waals surface area contributed by atoms with Gasteiger partial charge in [0.25, 0.3) is 5.91 Å². The van der Waals surface area contributed by atoms with Gasteiger partial charge in [0.05, 0.1) is 17.1 Å². The van der Waals surface area contributed by atoms with Crippen molar-refractivity contribution in [3.63, 3.8) is 0 Å². The quantitative estimate of drug-likeness (QED) is 0.217. The van der Waals surface area contributed by atoms with Gasteiger partial charge in [-0.25, -0.2) is 4.98 Å². The van der Waals surface area contributed by atoms with E-state index in [1.165, 1.54) is 12.7 Å². The van der Waals surface area contributed by atoms with Gasteiger partial charge < -0.3 is 14.5 Å². The number of ether oxygens (including phenoxy) is 1. The van der Waals surface area contributed by atoms with Gasteiger partial charge >= 0.3 is 0 Å². The van der Waals surface area contributed by atoms with Crippen molar-refractivity contribution < 1.29 is 13.9 Å². The first-order chi connectivity index (χ1) is 16.8. The van der Waals surface area contributed by atoms with Gasteiger partial charge in [-0.2, -0.15) is 0 Å². The van der Waals surface area contributed by atoms with Crippen LogP contribution in [0.1, 0.15) is 42.1 Å². The van der Waals surface area contributed by atoms with Crippen molar-refractivity contribution in [2.45, 2.75) is 26.2 Å². The summed E-state index contributed by atoms with van der Waals surface area (Å²) in [6.45, 7) is 4.38. The molecule has 0 saturated heterocycles. The van der Waals surface area contributed by atoms with Crippen molar-refractivity contribution >= 4 is 71.9 Å². The Balaban J connectivity index is 1.45. The Morgan fingerprint density at radius 1 is 1.14 bits per heavy atom. The molecule has 180 valence electrons. The fourth-order valence-electron chi connectivity index (χ4n) is 3.58. The van der Waals surface area contributed by atoms with Gasteiger partial charge in [-0.05, 0) is 94.6 Å². The van der Waals surface area contributed by atoms with Crippen LogP contribution in [-0.4, -0.2) is 23.1 Å². The summed E-state index contributed by atoms with van der Waals surface area (Å²) in [6.07, 6.45) is 1.07. The van der Waals surface area contributed by atoms with Crippen LogP contribution in [0.2, 0.25) is 0 Å². The van der Waals surface area contributed by atoms with Crippen molar-refractivity contribution in [3.05, 3.63) is 74.7 Å². The van der Waals surface area contributed by atoms with Gasteiger partial charge in [-0.15, -0.1) is 0 Å². The topological polar surface area (TPSA) is 76.4 Å². The summed E-state index contributed by atoms with van der Waals surface area (Å²) in [6, 6.07) is 17.1. The average Bonchev–Trinajstić information content (AvgIpc) is 3.27. The second kappa shape index (κ2) is 10.9. The molecule has 1 aromatic heterocycles. The molecule has 0 aliphatic carbocycles. The summed E-state index contributed by atoms with van der Waals surface area (Å²) >= 11 is 12.1. The van der Waals surface area contributed by atoms with Crippen LogP contribution in [0.5, 0.6) is 5.75 Å². The highest BCUT2D eigenvalue weighted by Gasteiger charge is 2.18. The maximum Gasteiger partial charge on any atom is 0.261 e. The number of methoxy groups -OCH3 is 1. The number of nitrogens with zero attached hydrogens (tertiary/aromatic N) is 1. The standard InChI is InChI=1S/C26H23Br2N3O3S/c1-4-14(2)16-7-10-22-21(11-16)30-25(34-22)15-5-8-18(9-6-15)29-26(35)31-24(32)19-12-17(27)13-20(28)23(19)33-3/h5-14H,4H2,1-3H3,(H2,29,31,32,35). The zero-order valence-electron chi connectivity index (χ0n) is 19.3. The molecular formula is C26H23Br2N3O3S. The van der Waals surface area contributed by atoms with Crippen LogP contribution in [0.3, 0.4) is 0 Å².